The molecule has 0 unspecified atom stereocenters. The van der Waals surface area contributed by atoms with Crippen molar-refractivity contribution in [2.45, 2.75) is 31.7 Å². The lowest BCUT2D eigenvalue weighted by molar-refractivity contribution is -0.124. The van der Waals surface area contributed by atoms with E-state index in [1.165, 1.54) is 7.11 Å². The minimum Gasteiger partial charge on any atom is -0.493 e. The molecule has 0 aliphatic carbocycles. The fourth-order valence-corrected chi connectivity index (χ4v) is 4.75. The highest BCUT2D eigenvalue weighted by Crippen LogP contribution is 2.52. The van der Waals surface area contributed by atoms with Crippen molar-refractivity contribution in [3.63, 3.8) is 0 Å². The second-order valence-corrected chi connectivity index (χ2v) is 7.77. The van der Waals surface area contributed by atoms with Gasteiger partial charge >= 0.3 is 0 Å². The van der Waals surface area contributed by atoms with Gasteiger partial charge in [-0.3, -0.25) is 9.59 Å². The Balaban J connectivity index is 1.83. The van der Waals surface area contributed by atoms with E-state index in [4.69, 9.17) is 9.47 Å². The van der Waals surface area contributed by atoms with Crippen molar-refractivity contribution in [3.05, 3.63) is 23.3 Å². The van der Waals surface area contributed by atoms with Gasteiger partial charge in [0.05, 0.1) is 19.8 Å². The van der Waals surface area contributed by atoms with E-state index >= 15 is 0 Å². The van der Waals surface area contributed by atoms with Gasteiger partial charge in [0.1, 0.15) is 11.4 Å². The summed E-state index contributed by atoms with van der Waals surface area (Å²) in [6.07, 6.45) is 0.925. The summed E-state index contributed by atoms with van der Waals surface area (Å²) < 4.78 is 10.7. The normalized spacial score (nSPS) is 21.3. The first kappa shape index (κ1) is 17.9. The number of thioether (sulfide) groups is 1. The number of hydrogen-bond acceptors (Lipinski definition) is 5. The van der Waals surface area contributed by atoms with Gasteiger partial charge in [0.2, 0.25) is 5.91 Å². The third-order valence-electron chi connectivity index (χ3n) is 4.62. The largest absolute Gasteiger partial charge is 0.493 e. The SMILES string of the molecule is COc1ccc2c(c1OC)C(=O)N1[C@@H](C(=O)NCCC(C)C)CS[C@@H]21. The first-order chi connectivity index (χ1) is 12.0. The van der Waals surface area contributed by atoms with Crippen LogP contribution in [0.3, 0.4) is 0 Å². The van der Waals surface area contributed by atoms with Crippen LogP contribution in [-0.2, 0) is 4.79 Å². The molecule has 1 aromatic carbocycles. The van der Waals surface area contributed by atoms with Crippen molar-refractivity contribution in [2.75, 3.05) is 26.5 Å². The van der Waals surface area contributed by atoms with Crippen molar-refractivity contribution < 1.29 is 19.1 Å². The molecule has 25 heavy (non-hydrogen) atoms. The van der Waals surface area contributed by atoms with Crippen LogP contribution in [0.5, 0.6) is 11.5 Å². The van der Waals surface area contributed by atoms with E-state index in [2.05, 4.69) is 19.2 Å². The van der Waals surface area contributed by atoms with Crippen molar-refractivity contribution in [1.82, 2.24) is 10.2 Å². The molecule has 0 saturated carbocycles. The van der Waals surface area contributed by atoms with E-state index in [0.717, 1.165) is 12.0 Å². The lowest BCUT2D eigenvalue weighted by Gasteiger charge is -2.22. The first-order valence-corrected chi connectivity index (χ1v) is 9.51. The third-order valence-corrected chi connectivity index (χ3v) is 5.92. The highest BCUT2D eigenvalue weighted by atomic mass is 32.2. The van der Waals surface area contributed by atoms with Gasteiger partial charge in [-0.15, -0.1) is 11.8 Å². The molecule has 3 rings (SSSR count). The number of nitrogens with zero attached hydrogens (tertiary/aromatic N) is 1. The molecule has 6 nitrogen and oxygen atoms in total. The van der Waals surface area contributed by atoms with Gasteiger partial charge in [-0.25, -0.2) is 0 Å². The smallest absolute Gasteiger partial charge is 0.260 e. The second-order valence-electron chi connectivity index (χ2n) is 6.65. The maximum Gasteiger partial charge on any atom is 0.260 e. The molecule has 1 aromatic rings. The summed E-state index contributed by atoms with van der Waals surface area (Å²) in [5.41, 5.74) is 1.41. The molecule has 2 aliphatic heterocycles. The van der Waals surface area contributed by atoms with Crippen LogP contribution in [0.1, 0.15) is 41.6 Å². The number of nitrogens with one attached hydrogen (secondary N) is 1. The van der Waals surface area contributed by atoms with Crippen LogP contribution >= 0.6 is 11.8 Å². The van der Waals surface area contributed by atoms with Crippen LogP contribution in [0.15, 0.2) is 12.1 Å². The fraction of sp³-hybridized carbons (Fsp3) is 0.556. The van der Waals surface area contributed by atoms with Crippen molar-refractivity contribution >= 4 is 23.6 Å². The standard InChI is InChI=1S/C18H24N2O4S/c1-10(2)7-8-19-16(21)12-9-25-18-11-5-6-13(23-3)15(24-4)14(11)17(22)20(12)18/h5-6,10,12,18H,7-9H2,1-4H3,(H,19,21)/t12-,18+/m1/s1. The molecule has 1 fully saturated rings. The second kappa shape index (κ2) is 7.15. The predicted molar refractivity (Wildman–Crippen MR) is 97.2 cm³/mol. The topological polar surface area (TPSA) is 67.9 Å². The average Bonchev–Trinajstić information content (AvgIpc) is 3.14. The molecule has 2 amide bonds. The summed E-state index contributed by atoms with van der Waals surface area (Å²) in [5.74, 6) is 1.86. The highest BCUT2D eigenvalue weighted by molar-refractivity contribution is 7.99. The molecule has 2 aliphatic rings. The molecule has 2 atom stereocenters. The number of carbonyl (C=O) groups excluding carboxylic acids is 2. The Bertz CT molecular complexity index is 692. The van der Waals surface area contributed by atoms with Gasteiger partial charge < -0.3 is 19.7 Å². The van der Waals surface area contributed by atoms with Crippen LogP contribution in [-0.4, -0.2) is 49.3 Å². The molecule has 0 spiro atoms. The lowest BCUT2D eigenvalue weighted by atomic mass is 10.1. The number of rotatable bonds is 6. The fourth-order valence-electron chi connectivity index (χ4n) is 3.30. The zero-order valence-electron chi connectivity index (χ0n) is 15.0. The van der Waals surface area contributed by atoms with E-state index in [0.29, 0.717) is 35.3 Å². The summed E-state index contributed by atoms with van der Waals surface area (Å²) in [6, 6.07) is 3.26. The molecule has 136 valence electrons. The Morgan fingerprint density at radius 1 is 1.36 bits per heavy atom. The number of carbonyl (C=O) groups is 2. The van der Waals surface area contributed by atoms with E-state index in [1.807, 2.05) is 12.1 Å². The van der Waals surface area contributed by atoms with E-state index in [-0.39, 0.29) is 17.2 Å². The minimum atomic E-state index is -0.447. The first-order valence-electron chi connectivity index (χ1n) is 8.46. The Morgan fingerprint density at radius 2 is 2.12 bits per heavy atom. The third kappa shape index (κ3) is 3.05. The predicted octanol–water partition coefficient (Wildman–Crippen LogP) is 2.44. The average molecular weight is 364 g/mol. The van der Waals surface area contributed by atoms with Crippen LogP contribution < -0.4 is 14.8 Å². The zero-order valence-corrected chi connectivity index (χ0v) is 15.8. The van der Waals surface area contributed by atoms with Gasteiger partial charge in [0.15, 0.2) is 11.5 Å². The van der Waals surface area contributed by atoms with E-state index < -0.39 is 6.04 Å². The Morgan fingerprint density at radius 3 is 2.76 bits per heavy atom. The molecule has 1 N–H and O–H groups in total. The van der Waals surface area contributed by atoms with Crippen molar-refractivity contribution in [2.24, 2.45) is 5.92 Å². The number of amides is 2. The molecule has 0 aromatic heterocycles. The molecular weight excluding hydrogens is 340 g/mol. The minimum absolute atomic E-state index is 0.0808. The highest BCUT2D eigenvalue weighted by Gasteiger charge is 2.50. The van der Waals surface area contributed by atoms with Crippen LogP contribution in [0.25, 0.3) is 0 Å². The Kier molecular flexibility index (Phi) is 5.13. The number of benzene rings is 1. The van der Waals surface area contributed by atoms with E-state index in [1.54, 1.807) is 23.8 Å². The van der Waals surface area contributed by atoms with Crippen LogP contribution in [0, 0.1) is 5.92 Å². The number of methoxy groups -OCH3 is 2. The zero-order chi connectivity index (χ0) is 18.1. The molecule has 0 bridgehead atoms. The summed E-state index contributed by atoms with van der Waals surface area (Å²) in [6.45, 7) is 4.87. The molecular formula is C18H24N2O4S. The quantitative estimate of drug-likeness (QED) is 0.840. The number of hydrogen-bond donors (Lipinski definition) is 1. The van der Waals surface area contributed by atoms with Crippen molar-refractivity contribution in [1.29, 1.82) is 0 Å². The van der Waals surface area contributed by atoms with Gasteiger partial charge in [-0.05, 0) is 18.4 Å². The van der Waals surface area contributed by atoms with Crippen LogP contribution in [0.2, 0.25) is 0 Å². The Labute approximate surface area is 152 Å². The van der Waals surface area contributed by atoms with Gasteiger partial charge in [0.25, 0.3) is 5.91 Å². The maximum absolute atomic E-state index is 13.0. The summed E-state index contributed by atoms with van der Waals surface area (Å²) in [5, 5.41) is 2.83. The van der Waals surface area contributed by atoms with Gasteiger partial charge in [-0.1, -0.05) is 19.9 Å². The van der Waals surface area contributed by atoms with E-state index in [9.17, 15) is 9.59 Å². The van der Waals surface area contributed by atoms with Crippen molar-refractivity contribution in [3.8, 4) is 11.5 Å². The maximum atomic E-state index is 13.0. The molecule has 2 heterocycles. The Hall–Kier alpha value is -1.89. The lowest BCUT2D eigenvalue weighted by Crippen LogP contribution is -2.46. The number of fused-ring (bicyclic) bond motifs is 3. The van der Waals surface area contributed by atoms with Crippen LogP contribution in [0.4, 0.5) is 0 Å². The summed E-state index contributed by atoms with van der Waals surface area (Å²) in [4.78, 5) is 27.3. The molecule has 1 saturated heterocycles. The monoisotopic (exact) mass is 364 g/mol. The van der Waals surface area contributed by atoms with Gasteiger partial charge in [0, 0.05) is 17.9 Å². The molecule has 0 radical (unpaired) electrons. The summed E-state index contributed by atoms with van der Waals surface area (Å²) >= 11 is 1.62. The molecule has 7 heteroatoms. The van der Waals surface area contributed by atoms with Gasteiger partial charge in [-0.2, -0.15) is 0 Å². The summed E-state index contributed by atoms with van der Waals surface area (Å²) in [7, 11) is 3.07. The number of ether oxygens (including phenoxy) is 2.